The fourth-order valence-electron chi connectivity index (χ4n) is 3.06. The SMILES string of the molecule is CCc1ccc(OCC(=O)N2CCN(Cc3ccc(Cl)cc3)CC2)cc1. The molecule has 1 heterocycles. The van der Waals surface area contributed by atoms with E-state index in [1.807, 2.05) is 41.3 Å². The van der Waals surface area contributed by atoms with Crippen LogP contribution in [0.5, 0.6) is 5.75 Å². The second-order valence-corrected chi connectivity index (χ2v) is 7.01. The van der Waals surface area contributed by atoms with Crippen LogP contribution in [0.3, 0.4) is 0 Å². The third-order valence-corrected chi connectivity index (χ3v) is 4.99. The number of aryl methyl sites for hydroxylation is 1. The van der Waals surface area contributed by atoms with Crippen LogP contribution < -0.4 is 4.74 Å². The Labute approximate surface area is 160 Å². The predicted octanol–water partition coefficient (Wildman–Crippen LogP) is 3.63. The van der Waals surface area contributed by atoms with Crippen molar-refractivity contribution in [3.8, 4) is 5.75 Å². The van der Waals surface area contributed by atoms with Crippen molar-refractivity contribution in [1.29, 1.82) is 0 Å². The molecule has 1 amide bonds. The molecule has 0 N–H and O–H groups in total. The smallest absolute Gasteiger partial charge is 0.260 e. The van der Waals surface area contributed by atoms with Gasteiger partial charge in [-0.05, 0) is 41.8 Å². The summed E-state index contributed by atoms with van der Waals surface area (Å²) in [6.45, 7) is 6.34. The summed E-state index contributed by atoms with van der Waals surface area (Å²) in [7, 11) is 0. The topological polar surface area (TPSA) is 32.8 Å². The Morgan fingerprint density at radius 2 is 1.58 bits per heavy atom. The number of hydrogen-bond donors (Lipinski definition) is 0. The number of halogens is 1. The maximum absolute atomic E-state index is 12.4. The number of carbonyl (C=O) groups is 1. The third-order valence-electron chi connectivity index (χ3n) is 4.74. The molecule has 4 nitrogen and oxygen atoms in total. The number of benzene rings is 2. The van der Waals surface area contributed by atoms with Gasteiger partial charge in [0.1, 0.15) is 5.75 Å². The fraction of sp³-hybridized carbons (Fsp3) is 0.381. The van der Waals surface area contributed by atoms with Crippen molar-refractivity contribution in [1.82, 2.24) is 9.80 Å². The molecule has 1 aliphatic rings. The zero-order chi connectivity index (χ0) is 18.4. The molecule has 2 aromatic carbocycles. The van der Waals surface area contributed by atoms with Gasteiger partial charge in [0, 0.05) is 37.7 Å². The first-order valence-corrected chi connectivity index (χ1v) is 9.48. The Morgan fingerprint density at radius 1 is 0.962 bits per heavy atom. The maximum Gasteiger partial charge on any atom is 0.260 e. The summed E-state index contributed by atoms with van der Waals surface area (Å²) in [6, 6.07) is 15.9. The van der Waals surface area contributed by atoms with Crippen LogP contribution in [0.1, 0.15) is 18.1 Å². The molecule has 1 saturated heterocycles. The normalized spacial score (nSPS) is 15.1. The van der Waals surface area contributed by atoms with Gasteiger partial charge < -0.3 is 9.64 Å². The molecule has 3 rings (SSSR count). The highest BCUT2D eigenvalue weighted by Gasteiger charge is 2.21. The van der Waals surface area contributed by atoms with Gasteiger partial charge in [-0.1, -0.05) is 42.8 Å². The van der Waals surface area contributed by atoms with E-state index in [1.54, 1.807) is 0 Å². The van der Waals surface area contributed by atoms with Crippen molar-refractivity contribution < 1.29 is 9.53 Å². The lowest BCUT2D eigenvalue weighted by Crippen LogP contribution is -2.49. The second kappa shape index (κ2) is 9.06. The standard InChI is InChI=1S/C21H25ClN2O2/c1-2-17-5-9-20(10-6-17)26-16-21(25)24-13-11-23(12-14-24)15-18-3-7-19(22)8-4-18/h3-10H,2,11-16H2,1H3. The van der Waals surface area contributed by atoms with Gasteiger partial charge in [-0.3, -0.25) is 9.69 Å². The predicted molar refractivity (Wildman–Crippen MR) is 105 cm³/mol. The molecule has 0 aromatic heterocycles. The number of ether oxygens (including phenoxy) is 1. The van der Waals surface area contributed by atoms with Gasteiger partial charge in [0.25, 0.3) is 5.91 Å². The van der Waals surface area contributed by atoms with Crippen molar-refractivity contribution >= 4 is 17.5 Å². The van der Waals surface area contributed by atoms with E-state index in [0.717, 1.165) is 49.9 Å². The first-order valence-electron chi connectivity index (χ1n) is 9.10. The maximum atomic E-state index is 12.4. The number of amides is 1. The molecule has 0 saturated carbocycles. The molecule has 0 atom stereocenters. The Hall–Kier alpha value is -2.04. The minimum atomic E-state index is 0.0516. The lowest BCUT2D eigenvalue weighted by atomic mass is 10.2. The summed E-state index contributed by atoms with van der Waals surface area (Å²) < 4.78 is 5.64. The van der Waals surface area contributed by atoms with Gasteiger partial charge in [-0.25, -0.2) is 0 Å². The summed E-state index contributed by atoms with van der Waals surface area (Å²) in [6.07, 6.45) is 1.000. The number of hydrogen-bond acceptors (Lipinski definition) is 3. The van der Waals surface area contributed by atoms with Crippen molar-refractivity contribution in [2.24, 2.45) is 0 Å². The second-order valence-electron chi connectivity index (χ2n) is 6.57. The van der Waals surface area contributed by atoms with Crippen LogP contribution in [-0.2, 0) is 17.8 Å². The Morgan fingerprint density at radius 3 is 2.19 bits per heavy atom. The third kappa shape index (κ3) is 5.23. The van der Waals surface area contributed by atoms with E-state index >= 15 is 0 Å². The van der Waals surface area contributed by atoms with Gasteiger partial charge in [0.2, 0.25) is 0 Å². The van der Waals surface area contributed by atoms with Crippen molar-refractivity contribution in [2.75, 3.05) is 32.8 Å². The quantitative estimate of drug-likeness (QED) is 0.776. The summed E-state index contributed by atoms with van der Waals surface area (Å²) >= 11 is 5.93. The summed E-state index contributed by atoms with van der Waals surface area (Å²) in [4.78, 5) is 16.6. The molecule has 1 aliphatic heterocycles. The molecule has 26 heavy (non-hydrogen) atoms. The molecular formula is C21H25ClN2O2. The summed E-state index contributed by atoms with van der Waals surface area (Å²) in [5.41, 5.74) is 2.51. The van der Waals surface area contributed by atoms with E-state index < -0.39 is 0 Å². The minimum Gasteiger partial charge on any atom is -0.484 e. The van der Waals surface area contributed by atoms with E-state index in [0.29, 0.717) is 0 Å². The number of piperazine rings is 1. The van der Waals surface area contributed by atoms with Crippen molar-refractivity contribution in [3.63, 3.8) is 0 Å². The molecule has 5 heteroatoms. The largest absolute Gasteiger partial charge is 0.484 e. The van der Waals surface area contributed by atoms with Gasteiger partial charge >= 0.3 is 0 Å². The van der Waals surface area contributed by atoms with Crippen molar-refractivity contribution in [3.05, 3.63) is 64.7 Å². The monoisotopic (exact) mass is 372 g/mol. The lowest BCUT2D eigenvalue weighted by molar-refractivity contribution is -0.135. The van der Waals surface area contributed by atoms with Gasteiger partial charge in [0.15, 0.2) is 6.61 Å². The highest BCUT2D eigenvalue weighted by Crippen LogP contribution is 2.14. The number of nitrogens with zero attached hydrogens (tertiary/aromatic N) is 2. The highest BCUT2D eigenvalue weighted by molar-refractivity contribution is 6.30. The number of rotatable bonds is 6. The van der Waals surface area contributed by atoms with Crippen LogP contribution in [0.4, 0.5) is 0 Å². The van der Waals surface area contributed by atoms with E-state index in [1.165, 1.54) is 11.1 Å². The zero-order valence-electron chi connectivity index (χ0n) is 15.2. The molecule has 138 valence electrons. The van der Waals surface area contributed by atoms with Crippen LogP contribution in [0, 0.1) is 0 Å². The molecular weight excluding hydrogens is 348 g/mol. The molecule has 2 aromatic rings. The molecule has 0 radical (unpaired) electrons. The molecule has 0 aliphatic carbocycles. The molecule has 1 fully saturated rings. The average molecular weight is 373 g/mol. The minimum absolute atomic E-state index is 0.0516. The van der Waals surface area contributed by atoms with Crippen LogP contribution in [-0.4, -0.2) is 48.5 Å². The average Bonchev–Trinajstić information content (AvgIpc) is 2.69. The van der Waals surface area contributed by atoms with Crippen LogP contribution >= 0.6 is 11.6 Å². The Balaban J connectivity index is 1.42. The lowest BCUT2D eigenvalue weighted by Gasteiger charge is -2.34. The van der Waals surface area contributed by atoms with Gasteiger partial charge in [-0.15, -0.1) is 0 Å². The van der Waals surface area contributed by atoms with Gasteiger partial charge in [0.05, 0.1) is 0 Å². The summed E-state index contributed by atoms with van der Waals surface area (Å²) in [5, 5.41) is 0.758. The van der Waals surface area contributed by atoms with E-state index in [4.69, 9.17) is 16.3 Å². The van der Waals surface area contributed by atoms with Gasteiger partial charge in [-0.2, -0.15) is 0 Å². The summed E-state index contributed by atoms with van der Waals surface area (Å²) in [5.74, 6) is 0.799. The molecule has 0 spiro atoms. The van der Waals surface area contributed by atoms with E-state index in [9.17, 15) is 4.79 Å². The van der Waals surface area contributed by atoms with Crippen molar-refractivity contribution in [2.45, 2.75) is 19.9 Å². The van der Waals surface area contributed by atoms with Crippen LogP contribution in [0.2, 0.25) is 5.02 Å². The number of carbonyl (C=O) groups excluding carboxylic acids is 1. The first-order chi connectivity index (χ1) is 12.6. The molecule has 0 unspecified atom stereocenters. The van der Waals surface area contributed by atoms with E-state index in [-0.39, 0.29) is 12.5 Å². The Bertz CT molecular complexity index is 708. The van der Waals surface area contributed by atoms with Crippen LogP contribution in [0.25, 0.3) is 0 Å². The first kappa shape index (κ1) is 18.7. The fourth-order valence-corrected chi connectivity index (χ4v) is 3.19. The highest BCUT2D eigenvalue weighted by atomic mass is 35.5. The van der Waals surface area contributed by atoms with E-state index in [2.05, 4.69) is 24.0 Å². The van der Waals surface area contributed by atoms with Crippen LogP contribution in [0.15, 0.2) is 48.5 Å². The zero-order valence-corrected chi connectivity index (χ0v) is 15.9. The molecule has 0 bridgehead atoms. The Kier molecular flexibility index (Phi) is 6.53.